The average Bonchev–Trinajstić information content (AvgIpc) is 2.94. The molecule has 0 aliphatic carbocycles. The van der Waals surface area contributed by atoms with Gasteiger partial charge in [-0.1, -0.05) is 0 Å². The second kappa shape index (κ2) is 5.35. The number of thiophene rings is 1. The Hall–Kier alpha value is -1.62. The van der Waals surface area contributed by atoms with Crippen molar-refractivity contribution in [1.82, 2.24) is 4.90 Å². The quantitative estimate of drug-likeness (QED) is 0.854. The van der Waals surface area contributed by atoms with Crippen LogP contribution in [0.1, 0.15) is 34.3 Å². The van der Waals surface area contributed by atoms with Gasteiger partial charge >= 0.3 is 5.97 Å². The lowest BCUT2D eigenvalue weighted by atomic mass is 10.2. The van der Waals surface area contributed by atoms with Crippen LogP contribution in [0.2, 0.25) is 0 Å². The lowest BCUT2D eigenvalue weighted by Gasteiger charge is -2.20. The summed E-state index contributed by atoms with van der Waals surface area (Å²) >= 11 is 1.33. The van der Waals surface area contributed by atoms with Gasteiger partial charge in [0.15, 0.2) is 0 Å². The molecule has 1 fully saturated rings. The summed E-state index contributed by atoms with van der Waals surface area (Å²) in [6.45, 7) is 2.88. The van der Waals surface area contributed by atoms with Gasteiger partial charge in [0.1, 0.15) is 0 Å². The first-order chi connectivity index (χ1) is 8.58. The SMILES string of the molecule is CC1CCCN1C(=O)c1ccc(/C=C/C(=O)O)s1. The van der Waals surface area contributed by atoms with Crippen LogP contribution < -0.4 is 0 Å². The number of carboxylic acid groups (broad SMARTS) is 1. The van der Waals surface area contributed by atoms with E-state index in [0.717, 1.165) is 30.3 Å². The van der Waals surface area contributed by atoms with Crippen LogP contribution >= 0.6 is 11.3 Å². The van der Waals surface area contributed by atoms with E-state index in [1.807, 2.05) is 4.90 Å². The number of carbonyl (C=O) groups is 2. The predicted molar refractivity (Wildman–Crippen MR) is 70.7 cm³/mol. The molecule has 96 valence electrons. The maximum atomic E-state index is 12.2. The van der Waals surface area contributed by atoms with Crippen LogP contribution in [0.3, 0.4) is 0 Å². The van der Waals surface area contributed by atoms with Crippen molar-refractivity contribution in [3.8, 4) is 0 Å². The minimum atomic E-state index is -0.982. The molecule has 2 rings (SSSR count). The molecule has 0 bridgehead atoms. The van der Waals surface area contributed by atoms with E-state index in [9.17, 15) is 9.59 Å². The topological polar surface area (TPSA) is 57.6 Å². The number of nitrogens with zero attached hydrogens (tertiary/aromatic N) is 1. The minimum absolute atomic E-state index is 0.0555. The van der Waals surface area contributed by atoms with E-state index in [-0.39, 0.29) is 5.91 Å². The Bertz CT molecular complexity index is 492. The normalized spacial score (nSPS) is 19.6. The molecule has 2 heterocycles. The number of aliphatic carboxylic acids is 1. The van der Waals surface area contributed by atoms with Gasteiger partial charge in [0.25, 0.3) is 5.91 Å². The molecule has 1 saturated heterocycles. The Kier molecular flexibility index (Phi) is 3.81. The first-order valence-electron chi connectivity index (χ1n) is 5.90. The lowest BCUT2D eigenvalue weighted by molar-refractivity contribution is -0.131. The molecule has 0 spiro atoms. The van der Waals surface area contributed by atoms with Crippen LogP contribution in [0.15, 0.2) is 18.2 Å². The van der Waals surface area contributed by atoms with Gasteiger partial charge in [0, 0.05) is 23.5 Å². The van der Waals surface area contributed by atoms with E-state index in [2.05, 4.69) is 6.92 Å². The van der Waals surface area contributed by atoms with Crippen LogP contribution in [0, 0.1) is 0 Å². The highest BCUT2D eigenvalue weighted by Crippen LogP contribution is 2.24. The fourth-order valence-corrected chi connectivity index (χ4v) is 2.95. The largest absolute Gasteiger partial charge is 0.478 e. The zero-order chi connectivity index (χ0) is 13.1. The molecule has 4 nitrogen and oxygen atoms in total. The van der Waals surface area contributed by atoms with E-state index in [1.54, 1.807) is 12.1 Å². The number of carbonyl (C=O) groups excluding carboxylic acids is 1. The summed E-state index contributed by atoms with van der Waals surface area (Å²) in [5, 5.41) is 8.54. The standard InChI is InChI=1S/C13H15NO3S/c1-9-3-2-8-14(9)13(17)11-6-4-10(18-11)5-7-12(15)16/h4-7,9H,2-3,8H2,1H3,(H,15,16)/b7-5+. The van der Waals surface area contributed by atoms with Gasteiger partial charge in [-0.15, -0.1) is 11.3 Å². The van der Waals surface area contributed by atoms with Gasteiger partial charge in [-0.3, -0.25) is 4.79 Å². The van der Waals surface area contributed by atoms with Crippen molar-refractivity contribution < 1.29 is 14.7 Å². The Labute approximate surface area is 110 Å². The number of likely N-dealkylation sites (tertiary alicyclic amines) is 1. The summed E-state index contributed by atoms with van der Waals surface area (Å²) in [5.41, 5.74) is 0. The first-order valence-corrected chi connectivity index (χ1v) is 6.71. The third-order valence-corrected chi connectivity index (χ3v) is 4.08. The van der Waals surface area contributed by atoms with Gasteiger partial charge in [0.05, 0.1) is 4.88 Å². The van der Waals surface area contributed by atoms with E-state index in [4.69, 9.17) is 5.11 Å². The average molecular weight is 265 g/mol. The summed E-state index contributed by atoms with van der Waals surface area (Å²) in [6.07, 6.45) is 4.71. The summed E-state index contributed by atoms with van der Waals surface area (Å²) in [7, 11) is 0. The van der Waals surface area contributed by atoms with Crippen molar-refractivity contribution >= 4 is 29.3 Å². The molecule has 1 unspecified atom stereocenters. The van der Waals surface area contributed by atoms with Crippen LogP contribution in [0.5, 0.6) is 0 Å². The van der Waals surface area contributed by atoms with Crippen LogP contribution in [-0.2, 0) is 4.79 Å². The summed E-state index contributed by atoms with van der Waals surface area (Å²) in [5.74, 6) is -0.926. The molecule has 1 atom stereocenters. The van der Waals surface area contributed by atoms with Crippen molar-refractivity contribution in [2.45, 2.75) is 25.8 Å². The first kappa shape index (κ1) is 12.8. The zero-order valence-electron chi connectivity index (χ0n) is 10.1. The van der Waals surface area contributed by atoms with Crippen molar-refractivity contribution in [2.24, 2.45) is 0 Å². The predicted octanol–water partition coefficient (Wildman–Crippen LogP) is 2.47. The van der Waals surface area contributed by atoms with Gasteiger partial charge in [0.2, 0.25) is 0 Å². The van der Waals surface area contributed by atoms with E-state index >= 15 is 0 Å². The molecule has 5 heteroatoms. The molecule has 1 N–H and O–H groups in total. The lowest BCUT2D eigenvalue weighted by Crippen LogP contribution is -2.32. The monoisotopic (exact) mass is 265 g/mol. The summed E-state index contributed by atoms with van der Waals surface area (Å²) in [4.78, 5) is 26.0. The molecular weight excluding hydrogens is 250 g/mol. The number of rotatable bonds is 3. The van der Waals surface area contributed by atoms with E-state index in [0.29, 0.717) is 10.9 Å². The van der Waals surface area contributed by atoms with Crippen molar-refractivity contribution in [1.29, 1.82) is 0 Å². The highest BCUT2D eigenvalue weighted by Gasteiger charge is 2.26. The molecule has 1 aliphatic heterocycles. The molecule has 0 aromatic carbocycles. The van der Waals surface area contributed by atoms with E-state index < -0.39 is 5.97 Å². The van der Waals surface area contributed by atoms with Crippen LogP contribution in [-0.4, -0.2) is 34.5 Å². The van der Waals surface area contributed by atoms with Crippen molar-refractivity contribution in [3.05, 3.63) is 28.0 Å². The third-order valence-electron chi connectivity index (χ3n) is 3.04. The smallest absolute Gasteiger partial charge is 0.328 e. The fourth-order valence-electron chi connectivity index (χ4n) is 2.09. The molecule has 0 saturated carbocycles. The maximum Gasteiger partial charge on any atom is 0.328 e. The molecule has 0 radical (unpaired) electrons. The molecule has 1 aliphatic rings. The van der Waals surface area contributed by atoms with Gasteiger partial charge < -0.3 is 10.0 Å². The number of amides is 1. The minimum Gasteiger partial charge on any atom is -0.478 e. The Morgan fingerprint density at radius 2 is 2.28 bits per heavy atom. The second-order valence-corrected chi connectivity index (χ2v) is 5.48. The fraction of sp³-hybridized carbons (Fsp3) is 0.385. The summed E-state index contributed by atoms with van der Waals surface area (Å²) < 4.78 is 0. The highest BCUT2D eigenvalue weighted by molar-refractivity contribution is 7.14. The van der Waals surface area contributed by atoms with Crippen LogP contribution in [0.25, 0.3) is 6.08 Å². The number of carboxylic acids is 1. The molecule has 1 aromatic rings. The molecule has 1 amide bonds. The van der Waals surface area contributed by atoms with Gasteiger partial charge in [-0.05, 0) is 38.0 Å². The second-order valence-electron chi connectivity index (χ2n) is 4.36. The maximum absolute atomic E-state index is 12.2. The Balaban J connectivity index is 2.10. The highest BCUT2D eigenvalue weighted by atomic mass is 32.1. The number of hydrogen-bond donors (Lipinski definition) is 1. The molecule has 18 heavy (non-hydrogen) atoms. The molecular formula is C13H15NO3S. The van der Waals surface area contributed by atoms with Gasteiger partial charge in [-0.2, -0.15) is 0 Å². The van der Waals surface area contributed by atoms with Gasteiger partial charge in [-0.25, -0.2) is 4.79 Å². The molecule has 1 aromatic heterocycles. The third kappa shape index (κ3) is 2.79. The van der Waals surface area contributed by atoms with Crippen molar-refractivity contribution in [3.63, 3.8) is 0 Å². The zero-order valence-corrected chi connectivity index (χ0v) is 10.9. The Morgan fingerprint density at radius 3 is 2.89 bits per heavy atom. The summed E-state index contributed by atoms with van der Waals surface area (Å²) in [6, 6.07) is 3.84. The Morgan fingerprint density at radius 1 is 1.50 bits per heavy atom. The van der Waals surface area contributed by atoms with E-state index in [1.165, 1.54) is 17.4 Å². The number of hydrogen-bond acceptors (Lipinski definition) is 3. The van der Waals surface area contributed by atoms with Crippen LogP contribution in [0.4, 0.5) is 0 Å². The van der Waals surface area contributed by atoms with Crippen molar-refractivity contribution in [2.75, 3.05) is 6.54 Å².